The first kappa shape index (κ1) is 11.6. The minimum absolute atomic E-state index is 0.533. The van der Waals surface area contributed by atoms with Crippen LogP contribution in [0.3, 0.4) is 0 Å². The summed E-state index contributed by atoms with van der Waals surface area (Å²) in [6.45, 7) is 2.10. The second-order valence-corrected chi connectivity index (χ2v) is 16.5. The normalized spacial score (nSPS) is 16.3. The van der Waals surface area contributed by atoms with E-state index in [0.29, 0.717) is 6.16 Å². The summed E-state index contributed by atoms with van der Waals surface area (Å²) in [6.07, 6.45) is 3.64. The van der Waals surface area contributed by atoms with Crippen molar-refractivity contribution in [2.45, 2.75) is 26.2 Å². The number of hydrogen-bond acceptors (Lipinski definition) is 0. The van der Waals surface area contributed by atoms with Crippen LogP contribution in [0.15, 0.2) is 0 Å². The zero-order valence-corrected chi connectivity index (χ0v) is 9.71. The average molecular weight is 244 g/mol. The molecule has 64 valence electrons. The van der Waals surface area contributed by atoms with E-state index in [1.807, 2.05) is 0 Å². The van der Waals surface area contributed by atoms with E-state index in [4.69, 9.17) is 45.0 Å². The van der Waals surface area contributed by atoms with Gasteiger partial charge in [-0.2, -0.15) is 0 Å². The van der Waals surface area contributed by atoms with Gasteiger partial charge in [0.25, 0.3) is 0 Å². The van der Waals surface area contributed by atoms with Crippen LogP contribution in [-0.2, 0) is 0 Å². The van der Waals surface area contributed by atoms with Crippen molar-refractivity contribution in [3.05, 3.63) is 0 Å². The first-order chi connectivity index (χ1) is 4.31. The molecule has 0 unspecified atom stereocenters. The molecule has 0 N–H and O–H groups in total. The zero-order chi connectivity index (χ0) is 8.28. The Kier molecular flexibility index (Phi) is 4.64. The van der Waals surface area contributed by atoms with Crippen molar-refractivity contribution >= 4 is 49.0 Å². The third-order valence-electron chi connectivity index (χ3n) is 1.10. The standard InChI is InChI=1S/C5H11Cl4P/c1-2-3-4-5-10(6,7,8)9/h2-5H2,1H3. The van der Waals surface area contributed by atoms with Crippen LogP contribution in [0.4, 0.5) is 0 Å². The molecule has 0 heterocycles. The van der Waals surface area contributed by atoms with Gasteiger partial charge in [-0.1, -0.05) is 0 Å². The van der Waals surface area contributed by atoms with Gasteiger partial charge in [-0.3, -0.25) is 0 Å². The Hall–Kier alpha value is 1.59. The Labute approximate surface area is 81.3 Å². The molecule has 0 aliphatic rings. The number of halogens is 4. The van der Waals surface area contributed by atoms with E-state index in [1.165, 1.54) is 0 Å². The Morgan fingerprint density at radius 1 is 1.00 bits per heavy atom. The molecule has 0 bridgehead atoms. The van der Waals surface area contributed by atoms with Crippen LogP contribution in [-0.4, -0.2) is 6.16 Å². The molecule has 0 radical (unpaired) electrons. The zero-order valence-electron chi connectivity index (χ0n) is 5.79. The maximum absolute atomic E-state index is 5.65. The van der Waals surface area contributed by atoms with Crippen LogP contribution in [0.25, 0.3) is 0 Å². The second kappa shape index (κ2) is 4.01. The van der Waals surface area contributed by atoms with Gasteiger partial charge in [0.05, 0.1) is 0 Å². The molecule has 0 spiro atoms. The molecular weight excluding hydrogens is 233 g/mol. The van der Waals surface area contributed by atoms with Gasteiger partial charge in [-0.05, 0) is 0 Å². The Morgan fingerprint density at radius 3 is 1.80 bits per heavy atom. The van der Waals surface area contributed by atoms with E-state index in [-0.39, 0.29) is 0 Å². The van der Waals surface area contributed by atoms with Crippen molar-refractivity contribution in [2.75, 3.05) is 6.16 Å². The fraction of sp³-hybridized carbons (Fsp3) is 1.00. The summed E-state index contributed by atoms with van der Waals surface area (Å²) >= 11 is 22.6. The van der Waals surface area contributed by atoms with Gasteiger partial charge in [-0.25, -0.2) is 0 Å². The maximum atomic E-state index is 5.65. The molecule has 10 heavy (non-hydrogen) atoms. The van der Waals surface area contributed by atoms with E-state index in [1.54, 1.807) is 0 Å². The quantitative estimate of drug-likeness (QED) is 0.462. The van der Waals surface area contributed by atoms with Crippen LogP contribution >= 0.6 is 49.0 Å². The molecule has 0 aromatic carbocycles. The van der Waals surface area contributed by atoms with Crippen LogP contribution in [0, 0.1) is 0 Å². The molecule has 0 fully saturated rings. The third kappa shape index (κ3) is 9.59. The van der Waals surface area contributed by atoms with Crippen LogP contribution in [0.2, 0.25) is 0 Å². The molecule has 0 rings (SSSR count). The SMILES string of the molecule is CCCCCP(Cl)(Cl)(Cl)Cl. The molecule has 0 atom stereocenters. The summed E-state index contributed by atoms with van der Waals surface area (Å²) in [6, 6.07) is 0. The van der Waals surface area contributed by atoms with E-state index < -0.39 is 4.01 Å². The van der Waals surface area contributed by atoms with Crippen LogP contribution in [0.5, 0.6) is 0 Å². The molecule has 0 saturated carbocycles. The molecule has 5 heteroatoms. The van der Waals surface area contributed by atoms with Gasteiger partial charge in [0.2, 0.25) is 0 Å². The Morgan fingerprint density at radius 2 is 1.50 bits per heavy atom. The van der Waals surface area contributed by atoms with Gasteiger partial charge >= 0.3 is 81.3 Å². The monoisotopic (exact) mass is 242 g/mol. The fourth-order valence-electron chi connectivity index (χ4n) is 0.601. The third-order valence-corrected chi connectivity index (χ3v) is 4.12. The summed E-state index contributed by atoms with van der Waals surface area (Å²) in [4.78, 5) is 0. The molecule has 0 aliphatic carbocycles. The number of unbranched alkanes of at least 4 members (excludes halogenated alkanes) is 2. The summed E-state index contributed by atoms with van der Waals surface area (Å²) in [7, 11) is 0. The van der Waals surface area contributed by atoms with Gasteiger partial charge in [0, 0.05) is 0 Å². The fourth-order valence-corrected chi connectivity index (χ4v) is 2.74. The van der Waals surface area contributed by atoms with Gasteiger partial charge in [0.15, 0.2) is 0 Å². The van der Waals surface area contributed by atoms with E-state index in [9.17, 15) is 0 Å². The van der Waals surface area contributed by atoms with Crippen molar-refractivity contribution in [3.8, 4) is 0 Å². The topological polar surface area (TPSA) is 0 Å². The second-order valence-electron chi connectivity index (χ2n) is 2.29. The van der Waals surface area contributed by atoms with Crippen molar-refractivity contribution in [1.29, 1.82) is 0 Å². The first-order valence-corrected chi connectivity index (χ1v) is 9.24. The number of hydrogen-bond donors (Lipinski definition) is 0. The predicted molar refractivity (Wildman–Crippen MR) is 54.7 cm³/mol. The number of rotatable bonds is 4. The summed E-state index contributed by atoms with van der Waals surface area (Å²) in [5, 5.41) is 0. The van der Waals surface area contributed by atoms with Gasteiger partial charge in [-0.15, -0.1) is 0 Å². The van der Waals surface area contributed by atoms with Crippen molar-refractivity contribution < 1.29 is 0 Å². The van der Waals surface area contributed by atoms with Gasteiger partial charge < -0.3 is 0 Å². The minimum atomic E-state index is -3.26. The molecule has 0 amide bonds. The van der Waals surface area contributed by atoms with Crippen LogP contribution in [0.1, 0.15) is 26.2 Å². The molecule has 0 aromatic rings. The van der Waals surface area contributed by atoms with Crippen molar-refractivity contribution in [3.63, 3.8) is 0 Å². The average Bonchev–Trinajstić information content (AvgIpc) is 1.61. The first-order valence-electron chi connectivity index (χ1n) is 3.20. The van der Waals surface area contributed by atoms with Gasteiger partial charge in [0.1, 0.15) is 0 Å². The van der Waals surface area contributed by atoms with Crippen LogP contribution < -0.4 is 0 Å². The van der Waals surface area contributed by atoms with Crippen molar-refractivity contribution in [2.24, 2.45) is 0 Å². The van der Waals surface area contributed by atoms with E-state index >= 15 is 0 Å². The Balaban J connectivity index is 3.49. The molecule has 0 aromatic heterocycles. The Bertz CT molecular complexity index is 96.7. The van der Waals surface area contributed by atoms with Crippen molar-refractivity contribution in [1.82, 2.24) is 0 Å². The summed E-state index contributed by atoms with van der Waals surface area (Å²) < 4.78 is -3.26. The molecule has 0 nitrogen and oxygen atoms in total. The summed E-state index contributed by atoms with van der Waals surface area (Å²) in [5.74, 6) is 0. The molecular formula is C5H11Cl4P. The summed E-state index contributed by atoms with van der Waals surface area (Å²) in [5.41, 5.74) is 0. The molecule has 0 aliphatic heterocycles. The van der Waals surface area contributed by atoms with E-state index in [2.05, 4.69) is 6.92 Å². The molecule has 0 saturated heterocycles. The van der Waals surface area contributed by atoms with E-state index in [0.717, 1.165) is 19.3 Å². The predicted octanol–water partition coefficient (Wildman–Crippen LogP) is 5.35.